The van der Waals surface area contributed by atoms with Crippen molar-refractivity contribution >= 4 is 33.2 Å². The second-order valence-corrected chi connectivity index (χ2v) is 9.22. The first kappa shape index (κ1) is 22.5. The fourth-order valence-electron chi connectivity index (χ4n) is 3.13. The van der Waals surface area contributed by atoms with E-state index in [0.29, 0.717) is 42.6 Å². The topological polar surface area (TPSA) is 97.8 Å². The minimum Gasteiger partial charge on any atom is -0.475 e. The molecule has 0 spiro atoms. The molecule has 1 aromatic carbocycles. The number of piperidine rings is 1. The van der Waals surface area contributed by atoms with E-state index in [9.17, 15) is 13.2 Å². The second-order valence-electron chi connectivity index (χ2n) is 6.85. The van der Waals surface area contributed by atoms with E-state index in [4.69, 9.17) is 21.1 Å². The average Bonchev–Trinajstić information content (AvgIpc) is 2.75. The van der Waals surface area contributed by atoms with Gasteiger partial charge in [-0.15, -0.1) is 0 Å². The normalized spacial score (nSPS) is 15.7. The van der Waals surface area contributed by atoms with Gasteiger partial charge < -0.3 is 14.8 Å². The summed E-state index contributed by atoms with van der Waals surface area (Å²) in [5, 5.41) is 3.31. The number of nitrogens with zero attached hydrogens (tertiary/aromatic N) is 2. The molecule has 1 aliphatic rings. The van der Waals surface area contributed by atoms with Gasteiger partial charge in [-0.2, -0.15) is 4.31 Å². The summed E-state index contributed by atoms with van der Waals surface area (Å²) >= 11 is 5.84. The van der Waals surface area contributed by atoms with Crippen LogP contribution in [0.15, 0.2) is 47.5 Å². The Morgan fingerprint density at radius 3 is 2.47 bits per heavy atom. The number of benzene rings is 1. The maximum Gasteiger partial charge on any atom is 0.243 e. The van der Waals surface area contributed by atoms with Crippen molar-refractivity contribution in [1.82, 2.24) is 9.29 Å². The second kappa shape index (κ2) is 10.2. The summed E-state index contributed by atoms with van der Waals surface area (Å²) in [6.07, 6.45) is 2.43. The van der Waals surface area contributed by atoms with Crippen LogP contribution in [0, 0.1) is 5.92 Å². The number of rotatable bonds is 8. The first-order valence-electron chi connectivity index (χ1n) is 9.54. The molecule has 1 saturated heterocycles. The lowest BCUT2D eigenvalue weighted by Crippen LogP contribution is -2.41. The van der Waals surface area contributed by atoms with Crippen molar-refractivity contribution < 1.29 is 22.7 Å². The van der Waals surface area contributed by atoms with Gasteiger partial charge in [0.1, 0.15) is 6.61 Å². The lowest BCUT2D eigenvalue weighted by Gasteiger charge is -2.30. The number of amides is 1. The number of ether oxygens (including phenoxy) is 2. The van der Waals surface area contributed by atoms with Crippen LogP contribution >= 0.6 is 11.6 Å². The van der Waals surface area contributed by atoms with Crippen molar-refractivity contribution in [1.29, 1.82) is 0 Å². The molecule has 0 radical (unpaired) electrons. The molecule has 30 heavy (non-hydrogen) atoms. The summed E-state index contributed by atoms with van der Waals surface area (Å²) < 4.78 is 37.2. The molecule has 0 saturated carbocycles. The van der Waals surface area contributed by atoms with E-state index < -0.39 is 10.0 Å². The van der Waals surface area contributed by atoms with Crippen molar-refractivity contribution in [3.05, 3.63) is 47.6 Å². The van der Waals surface area contributed by atoms with Gasteiger partial charge in [0, 0.05) is 37.2 Å². The van der Waals surface area contributed by atoms with E-state index in [2.05, 4.69) is 10.3 Å². The highest BCUT2D eigenvalue weighted by Crippen LogP contribution is 2.25. The van der Waals surface area contributed by atoms with Gasteiger partial charge in [0.15, 0.2) is 0 Å². The van der Waals surface area contributed by atoms with Crippen LogP contribution in [0.1, 0.15) is 12.8 Å². The summed E-state index contributed by atoms with van der Waals surface area (Å²) in [5.74, 6) is 0.0402. The van der Waals surface area contributed by atoms with Crippen LogP contribution in [-0.4, -0.2) is 57.0 Å². The third-order valence-corrected chi connectivity index (χ3v) is 6.98. The highest BCUT2D eigenvalue weighted by Gasteiger charge is 2.32. The Morgan fingerprint density at radius 1 is 1.17 bits per heavy atom. The van der Waals surface area contributed by atoms with Crippen molar-refractivity contribution in [2.24, 2.45) is 5.92 Å². The predicted octanol–water partition coefficient (Wildman–Crippen LogP) is 2.80. The highest BCUT2D eigenvalue weighted by molar-refractivity contribution is 7.89. The van der Waals surface area contributed by atoms with Crippen LogP contribution in [0.5, 0.6) is 5.88 Å². The minimum absolute atomic E-state index is 0.145. The monoisotopic (exact) mass is 453 g/mol. The van der Waals surface area contributed by atoms with Gasteiger partial charge in [0.25, 0.3) is 0 Å². The number of nitrogens with one attached hydrogen (secondary N) is 1. The number of hydrogen-bond donors (Lipinski definition) is 1. The highest BCUT2D eigenvalue weighted by atomic mass is 35.5. The molecule has 0 aliphatic carbocycles. The molecule has 8 nitrogen and oxygen atoms in total. The average molecular weight is 454 g/mol. The molecule has 1 N–H and O–H groups in total. The fourth-order valence-corrected chi connectivity index (χ4v) is 4.72. The lowest BCUT2D eigenvalue weighted by atomic mass is 9.97. The van der Waals surface area contributed by atoms with Gasteiger partial charge >= 0.3 is 0 Å². The zero-order valence-electron chi connectivity index (χ0n) is 16.6. The molecule has 3 rings (SSSR count). The minimum atomic E-state index is -3.59. The van der Waals surface area contributed by atoms with Gasteiger partial charge in [0.2, 0.25) is 21.8 Å². The number of halogens is 1. The SMILES string of the molecule is COCCOc1ccc(NC(=O)C2CCN(S(=O)(=O)c3ccc(Cl)cc3)CC2)cn1. The van der Waals surface area contributed by atoms with Gasteiger partial charge in [-0.05, 0) is 43.2 Å². The van der Waals surface area contributed by atoms with Crippen LogP contribution in [0.4, 0.5) is 5.69 Å². The standard InChI is InChI=1S/C20H24ClN3O5S/c1-28-12-13-29-19-7-4-17(14-22-19)23-20(25)15-8-10-24(11-9-15)30(26,27)18-5-2-16(21)3-6-18/h2-7,14-15H,8-13H2,1H3,(H,23,25). The van der Waals surface area contributed by atoms with Gasteiger partial charge in [-0.3, -0.25) is 4.79 Å². The Kier molecular flexibility index (Phi) is 7.65. The Labute approximate surface area is 181 Å². The number of methoxy groups -OCH3 is 1. The van der Waals surface area contributed by atoms with E-state index in [-0.39, 0.29) is 29.8 Å². The Balaban J connectivity index is 1.52. The predicted molar refractivity (Wildman–Crippen MR) is 113 cm³/mol. The number of hydrogen-bond acceptors (Lipinski definition) is 6. The Morgan fingerprint density at radius 2 is 1.87 bits per heavy atom. The Hall–Kier alpha value is -2.20. The van der Waals surface area contributed by atoms with Gasteiger partial charge in [-0.1, -0.05) is 11.6 Å². The number of anilines is 1. The number of aromatic nitrogens is 1. The number of carbonyl (C=O) groups is 1. The summed E-state index contributed by atoms with van der Waals surface area (Å²) in [6.45, 7) is 1.43. The summed E-state index contributed by atoms with van der Waals surface area (Å²) in [7, 11) is -2.00. The third-order valence-electron chi connectivity index (χ3n) is 4.82. The third kappa shape index (κ3) is 5.69. The van der Waals surface area contributed by atoms with Crippen LogP contribution in [0.25, 0.3) is 0 Å². The largest absolute Gasteiger partial charge is 0.475 e. The molecule has 0 unspecified atom stereocenters. The molecular weight excluding hydrogens is 430 g/mol. The number of pyridine rings is 1. The van der Waals surface area contributed by atoms with E-state index in [1.165, 1.54) is 22.6 Å². The lowest BCUT2D eigenvalue weighted by molar-refractivity contribution is -0.120. The number of carbonyl (C=O) groups excluding carboxylic acids is 1. The molecule has 0 bridgehead atoms. The number of sulfonamides is 1. The molecule has 2 heterocycles. The van der Waals surface area contributed by atoms with E-state index in [1.807, 2.05) is 0 Å². The molecule has 1 fully saturated rings. The zero-order valence-corrected chi connectivity index (χ0v) is 18.2. The van der Waals surface area contributed by atoms with Crippen LogP contribution in [0.2, 0.25) is 5.02 Å². The quantitative estimate of drug-likeness (QED) is 0.617. The van der Waals surface area contributed by atoms with Gasteiger partial charge in [-0.25, -0.2) is 13.4 Å². The molecular formula is C20H24ClN3O5S. The van der Waals surface area contributed by atoms with Gasteiger partial charge in [0.05, 0.1) is 23.4 Å². The van der Waals surface area contributed by atoms with Crippen molar-refractivity contribution in [3.63, 3.8) is 0 Å². The van der Waals surface area contributed by atoms with Crippen molar-refractivity contribution in [2.45, 2.75) is 17.7 Å². The summed E-state index contributed by atoms with van der Waals surface area (Å²) in [4.78, 5) is 16.9. The molecule has 1 aromatic heterocycles. The van der Waals surface area contributed by atoms with Crippen LogP contribution in [0.3, 0.4) is 0 Å². The van der Waals surface area contributed by atoms with Crippen LogP contribution in [-0.2, 0) is 19.6 Å². The maximum absolute atomic E-state index is 12.7. The maximum atomic E-state index is 12.7. The molecule has 10 heteroatoms. The summed E-state index contributed by atoms with van der Waals surface area (Å²) in [6, 6.07) is 9.48. The molecule has 2 aromatic rings. The zero-order chi connectivity index (χ0) is 21.6. The van der Waals surface area contributed by atoms with Crippen molar-refractivity contribution in [3.8, 4) is 5.88 Å². The van der Waals surface area contributed by atoms with E-state index in [1.54, 1.807) is 31.4 Å². The van der Waals surface area contributed by atoms with Crippen molar-refractivity contribution in [2.75, 3.05) is 38.7 Å². The molecule has 162 valence electrons. The smallest absolute Gasteiger partial charge is 0.243 e. The van der Waals surface area contributed by atoms with E-state index in [0.717, 1.165) is 0 Å². The summed E-state index contributed by atoms with van der Waals surface area (Å²) in [5.41, 5.74) is 0.565. The first-order valence-corrected chi connectivity index (χ1v) is 11.4. The fraction of sp³-hybridized carbons (Fsp3) is 0.400. The molecule has 0 atom stereocenters. The Bertz CT molecular complexity index is 943. The van der Waals surface area contributed by atoms with Crippen LogP contribution < -0.4 is 10.1 Å². The molecule has 1 amide bonds. The van der Waals surface area contributed by atoms with E-state index >= 15 is 0 Å². The first-order chi connectivity index (χ1) is 14.4. The molecule has 1 aliphatic heterocycles.